The maximum Gasteiger partial charge on any atom is 0.261 e. The molecule has 0 unspecified atom stereocenters. The molecule has 0 fully saturated rings. The zero-order valence-corrected chi connectivity index (χ0v) is 11.8. The smallest absolute Gasteiger partial charge is 0.261 e. The quantitative estimate of drug-likeness (QED) is 0.794. The number of methoxy groups -OCH3 is 1. The van der Waals surface area contributed by atoms with Crippen LogP contribution in [0.5, 0.6) is 11.6 Å². The molecule has 4 nitrogen and oxygen atoms in total. The summed E-state index contributed by atoms with van der Waals surface area (Å²) in [6.45, 7) is 0.464. The van der Waals surface area contributed by atoms with Crippen LogP contribution in [0.15, 0.2) is 30.6 Å². The Hall–Kier alpha value is -1.52. The van der Waals surface area contributed by atoms with Gasteiger partial charge in [-0.1, -0.05) is 35.3 Å². The lowest BCUT2D eigenvalue weighted by Crippen LogP contribution is -2.04. The van der Waals surface area contributed by atoms with Gasteiger partial charge >= 0.3 is 0 Å². The maximum atomic E-state index is 5.87. The second-order valence-corrected chi connectivity index (χ2v) is 4.52. The molecule has 0 aliphatic heterocycles. The number of nitrogens with zero attached hydrogens (tertiary/aromatic N) is 2. The fraction of sp³-hybridized carbons (Fsp3) is 0.231. The minimum atomic E-state index is 0.235. The van der Waals surface area contributed by atoms with Crippen LogP contribution in [-0.4, -0.2) is 23.7 Å². The lowest BCUT2D eigenvalue weighted by Gasteiger charge is -2.09. The van der Waals surface area contributed by atoms with Gasteiger partial charge in [-0.15, -0.1) is 0 Å². The van der Waals surface area contributed by atoms with Gasteiger partial charge in [0.1, 0.15) is 6.33 Å². The number of hydrogen-bond acceptors (Lipinski definition) is 4. The Morgan fingerprint density at radius 3 is 2.53 bits per heavy atom. The van der Waals surface area contributed by atoms with Crippen molar-refractivity contribution < 1.29 is 9.47 Å². The SMILES string of the molecule is COc1c(Cl)ncnc1OCCc1ccc(Cl)cc1. The van der Waals surface area contributed by atoms with Crippen LogP contribution in [0.4, 0.5) is 0 Å². The summed E-state index contributed by atoms with van der Waals surface area (Å²) in [7, 11) is 1.50. The lowest BCUT2D eigenvalue weighted by atomic mass is 10.2. The van der Waals surface area contributed by atoms with E-state index in [1.54, 1.807) is 0 Å². The highest BCUT2D eigenvalue weighted by molar-refractivity contribution is 6.31. The third kappa shape index (κ3) is 3.72. The van der Waals surface area contributed by atoms with Crippen LogP contribution in [0.25, 0.3) is 0 Å². The molecule has 19 heavy (non-hydrogen) atoms. The highest BCUT2D eigenvalue weighted by atomic mass is 35.5. The minimum absolute atomic E-state index is 0.235. The van der Waals surface area contributed by atoms with Crippen LogP contribution in [0.3, 0.4) is 0 Å². The average molecular weight is 299 g/mol. The van der Waals surface area contributed by atoms with Gasteiger partial charge in [0.15, 0.2) is 5.15 Å². The van der Waals surface area contributed by atoms with Crippen molar-refractivity contribution in [2.75, 3.05) is 13.7 Å². The standard InChI is InChI=1S/C13H12Cl2N2O2/c1-18-11-12(15)16-8-17-13(11)19-7-6-9-2-4-10(14)5-3-9/h2-5,8H,6-7H2,1H3. The molecule has 0 atom stereocenters. The normalized spacial score (nSPS) is 10.3. The van der Waals surface area contributed by atoms with Crippen LogP contribution in [0.2, 0.25) is 10.2 Å². The molecule has 100 valence electrons. The van der Waals surface area contributed by atoms with Gasteiger partial charge in [0, 0.05) is 11.4 Å². The summed E-state index contributed by atoms with van der Waals surface area (Å²) in [6.07, 6.45) is 2.07. The molecule has 0 aliphatic carbocycles. The molecule has 0 aliphatic rings. The fourth-order valence-corrected chi connectivity index (χ4v) is 1.86. The first kappa shape index (κ1) is 13.9. The first-order valence-corrected chi connectivity index (χ1v) is 6.38. The number of halogens is 2. The zero-order valence-electron chi connectivity index (χ0n) is 10.3. The molecule has 1 aromatic carbocycles. The zero-order chi connectivity index (χ0) is 13.7. The summed E-state index contributed by atoms with van der Waals surface area (Å²) in [5, 5.41) is 0.952. The Labute approximate surface area is 121 Å². The molecule has 0 saturated carbocycles. The van der Waals surface area contributed by atoms with Crippen molar-refractivity contribution >= 4 is 23.2 Å². The number of hydrogen-bond donors (Lipinski definition) is 0. The van der Waals surface area contributed by atoms with E-state index in [2.05, 4.69) is 9.97 Å². The van der Waals surface area contributed by atoms with Crippen molar-refractivity contribution in [1.29, 1.82) is 0 Å². The van der Waals surface area contributed by atoms with Gasteiger partial charge in [-0.3, -0.25) is 0 Å². The summed E-state index contributed by atoms with van der Waals surface area (Å²) in [5.41, 5.74) is 1.13. The molecule has 0 bridgehead atoms. The first-order chi connectivity index (χ1) is 9.20. The van der Waals surface area contributed by atoms with E-state index in [0.29, 0.717) is 23.3 Å². The molecule has 0 radical (unpaired) electrons. The van der Waals surface area contributed by atoms with Crippen LogP contribution >= 0.6 is 23.2 Å². The number of aromatic nitrogens is 2. The third-order valence-electron chi connectivity index (χ3n) is 2.47. The lowest BCUT2D eigenvalue weighted by molar-refractivity contribution is 0.284. The highest BCUT2D eigenvalue weighted by Gasteiger charge is 2.11. The molecule has 1 aromatic heterocycles. The van der Waals surface area contributed by atoms with E-state index in [1.165, 1.54) is 13.4 Å². The highest BCUT2D eigenvalue weighted by Crippen LogP contribution is 2.30. The van der Waals surface area contributed by atoms with E-state index in [-0.39, 0.29) is 5.15 Å². The van der Waals surface area contributed by atoms with Crippen LogP contribution in [0.1, 0.15) is 5.56 Å². The molecule has 2 aromatic rings. The first-order valence-electron chi connectivity index (χ1n) is 5.62. The van der Waals surface area contributed by atoms with Crippen LogP contribution < -0.4 is 9.47 Å². The van der Waals surface area contributed by atoms with Gasteiger partial charge in [-0.25, -0.2) is 4.98 Å². The van der Waals surface area contributed by atoms with Gasteiger partial charge in [0.25, 0.3) is 5.88 Å². The van der Waals surface area contributed by atoms with E-state index < -0.39 is 0 Å². The third-order valence-corrected chi connectivity index (χ3v) is 3.00. The van der Waals surface area contributed by atoms with Gasteiger partial charge in [0.05, 0.1) is 13.7 Å². The Morgan fingerprint density at radius 2 is 1.84 bits per heavy atom. The van der Waals surface area contributed by atoms with Gasteiger partial charge in [-0.05, 0) is 17.7 Å². The van der Waals surface area contributed by atoms with Crippen molar-refractivity contribution in [3.63, 3.8) is 0 Å². The summed E-state index contributed by atoms with van der Waals surface area (Å²) in [5.74, 6) is 0.691. The maximum absolute atomic E-state index is 5.87. The molecule has 6 heteroatoms. The topological polar surface area (TPSA) is 44.2 Å². The largest absolute Gasteiger partial charge is 0.489 e. The number of rotatable bonds is 5. The molecule has 0 N–H and O–H groups in total. The van der Waals surface area contributed by atoms with Crippen molar-refractivity contribution in [2.45, 2.75) is 6.42 Å². The predicted octanol–water partition coefficient (Wildman–Crippen LogP) is 3.41. The van der Waals surface area contributed by atoms with Crippen molar-refractivity contribution in [1.82, 2.24) is 9.97 Å². The Kier molecular flexibility index (Phi) is 4.82. The van der Waals surface area contributed by atoms with E-state index in [9.17, 15) is 0 Å². The monoisotopic (exact) mass is 298 g/mol. The van der Waals surface area contributed by atoms with Crippen molar-refractivity contribution in [3.05, 3.63) is 46.3 Å². The fourth-order valence-electron chi connectivity index (χ4n) is 1.53. The molecule has 1 heterocycles. The van der Waals surface area contributed by atoms with Crippen molar-refractivity contribution in [2.24, 2.45) is 0 Å². The Morgan fingerprint density at radius 1 is 1.11 bits per heavy atom. The molecule has 2 rings (SSSR count). The second kappa shape index (κ2) is 6.59. The molecule has 0 amide bonds. The number of benzene rings is 1. The molecular weight excluding hydrogens is 287 g/mol. The van der Waals surface area contributed by atoms with Gasteiger partial charge in [-0.2, -0.15) is 4.98 Å². The van der Waals surface area contributed by atoms with Gasteiger partial charge < -0.3 is 9.47 Å². The minimum Gasteiger partial charge on any atom is -0.489 e. The molecular formula is C13H12Cl2N2O2. The average Bonchev–Trinajstić information content (AvgIpc) is 2.41. The molecule has 0 saturated heterocycles. The van der Waals surface area contributed by atoms with Crippen molar-refractivity contribution in [3.8, 4) is 11.6 Å². The van der Waals surface area contributed by atoms with Crippen LogP contribution in [0, 0.1) is 0 Å². The summed E-state index contributed by atoms with van der Waals surface area (Å²) in [4.78, 5) is 7.81. The van der Waals surface area contributed by atoms with Crippen LogP contribution in [-0.2, 0) is 6.42 Å². The Bertz CT molecular complexity index is 547. The van der Waals surface area contributed by atoms with E-state index in [1.807, 2.05) is 24.3 Å². The summed E-state index contributed by atoms with van der Waals surface area (Å²) in [6, 6.07) is 7.60. The summed E-state index contributed by atoms with van der Waals surface area (Å²) < 4.78 is 10.6. The molecule has 0 spiro atoms. The number of ether oxygens (including phenoxy) is 2. The Balaban J connectivity index is 1.96. The van der Waals surface area contributed by atoms with E-state index in [0.717, 1.165) is 12.0 Å². The summed E-state index contributed by atoms with van der Waals surface area (Å²) >= 11 is 11.7. The van der Waals surface area contributed by atoms with E-state index in [4.69, 9.17) is 32.7 Å². The predicted molar refractivity (Wildman–Crippen MR) is 74.2 cm³/mol. The van der Waals surface area contributed by atoms with E-state index >= 15 is 0 Å². The van der Waals surface area contributed by atoms with Gasteiger partial charge in [0.2, 0.25) is 5.75 Å². The second-order valence-electron chi connectivity index (χ2n) is 3.73.